The molecule has 9 nitrogen and oxygen atoms in total. The number of hydrogen-bond acceptors (Lipinski definition) is 6. The highest BCUT2D eigenvalue weighted by molar-refractivity contribution is 6.04. The van der Waals surface area contributed by atoms with E-state index in [1.54, 1.807) is 60.8 Å². The Kier molecular flexibility index (Phi) is 5.74. The number of amides is 1. The van der Waals surface area contributed by atoms with E-state index < -0.39 is 11.6 Å². The second kappa shape index (κ2) is 9.72. The number of benzene rings is 2. The molecule has 7 rings (SSSR count). The first kappa shape index (κ1) is 24.2. The summed E-state index contributed by atoms with van der Waals surface area (Å²) in [5.74, 6) is -1.08. The van der Waals surface area contributed by atoms with Crippen molar-refractivity contribution in [1.82, 2.24) is 35.1 Å². The highest BCUT2D eigenvalue weighted by atomic mass is 19.1. The molecule has 11 heteroatoms. The summed E-state index contributed by atoms with van der Waals surface area (Å²) < 4.78 is 30.7. The number of rotatable bonds is 5. The van der Waals surface area contributed by atoms with E-state index in [0.717, 1.165) is 0 Å². The number of anilines is 1. The topological polar surface area (TPSA) is 125 Å². The van der Waals surface area contributed by atoms with E-state index in [4.69, 9.17) is 0 Å². The smallest absolute Gasteiger partial charge is 0.255 e. The van der Waals surface area contributed by atoms with E-state index >= 15 is 4.39 Å². The molecule has 0 unspecified atom stereocenters. The van der Waals surface area contributed by atoms with Crippen LogP contribution in [0.2, 0.25) is 0 Å². The largest absolute Gasteiger partial charge is 0.336 e. The number of hydrogen-bond donors (Lipinski definition) is 3. The number of H-pyrrole nitrogens is 2. The SMILES string of the molecule is O=C(Nc1cncc(-c2cnc3[nH]nc(-c4nc5c(-c6ccccc6F)nccc5[nH]4)c3c2F)c1)c1ccccc1. The Hall–Kier alpha value is -5.84. The van der Waals surface area contributed by atoms with Crippen molar-refractivity contribution >= 4 is 33.7 Å². The molecule has 0 bridgehead atoms. The van der Waals surface area contributed by atoms with Gasteiger partial charge in [-0.1, -0.05) is 30.3 Å². The van der Waals surface area contributed by atoms with Crippen LogP contribution in [0.3, 0.4) is 0 Å². The fourth-order valence-electron chi connectivity index (χ4n) is 4.67. The fourth-order valence-corrected chi connectivity index (χ4v) is 4.67. The number of pyridine rings is 3. The lowest BCUT2D eigenvalue weighted by atomic mass is 10.1. The molecule has 0 radical (unpaired) electrons. The lowest BCUT2D eigenvalue weighted by molar-refractivity contribution is 0.102. The Balaban J connectivity index is 1.29. The van der Waals surface area contributed by atoms with Crippen LogP contribution in [0.1, 0.15) is 10.4 Å². The molecule has 3 N–H and O–H groups in total. The molecule has 5 aromatic heterocycles. The van der Waals surface area contributed by atoms with Crippen molar-refractivity contribution in [3.05, 3.63) is 109 Å². The van der Waals surface area contributed by atoms with E-state index in [-0.39, 0.29) is 34.0 Å². The molecule has 0 aliphatic carbocycles. The molecule has 5 heterocycles. The molecule has 0 aliphatic rings. The number of aromatic nitrogens is 7. The van der Waals surface area contributed by atoms with Crippen molar-refractivity contribution in [1.29, 1.82) is 0 Å². The average Bonchev–Trinajstić information content (AvgIpc) is 3.63. The van der Waals surface area contributed by atoms with Crippen molar-refractivity contribution in [3.63, 3.8) is 0 Å². The van der Waals surface area contributed by atoms with Crippen molar-refractivity contribution in [2.24, 2.45) is 0 Å². The van der Waals surface area contributed by atoms with Crippen LogP contribution in [-0.2, 0) is 0 Å². The maximum Gasteiger partial charge on any atom is 0.255 e. The Bertz CT molecular complexity index is 2090. The third kappa shape index (κ3) is 4.25. The van der Waals surface area contributed by atoms with Crippen LogP contribution in [0.15, 0.2) is 91.5 Å². The first-order valence-electron chi connectivity index (χ1n) is 12.5. The second-order valence-electron chi connectivity index (χ2n) is 9.19. The van der Waals surface area contributed by atoms with Gasteiger partial charge in [0.1, 0.15) is 28.5 Å². The molecule has 0 atom stereocenters. The summed E-state index contributed by atoms with van der Waals surface area (Å²) in [6.07, 6.45) is 5.88. The van der Waals surface area contributed by atoms with E-state index in [9.17, 15) is 9.18 Å². The standard InChI is InChI=1S/C30H18F2N8O/c31-21-9-5-4-8-19(21)25-26-22(10-11-34-25)37-29(38-26)27-23-24(32)20(15-35-28(23)40-39-27)17-12-18(14-33-13-17)36-30(41)16-6-2-1-3-7-16/h1-15H,(H,36,41)(H,37,38)(H,35,39,40). The predicted octanol–water partition coefficient (Wildman–Crippen LogP) is 6.16. The Morgan fingerprint density at radius 1 is 0.854 bits per heavy atom. The van der Waals surface area contributed by atoms with Gasteiger partial charge < -0.3 is 10.3 Å². The van der Waals surface area contributed by atoms with Gasteiger partial charge in [-0.05, 0) is 36.4 Å². The van der Waals surface area contributed by atoms with Crippen molar-refractivity contribution in [2.75, 3.05) is 5.32 Å². The molecular formula is C30H18F2N8O. The maximum absolute atomic E-state index is 16.1. The summed E-state index contributed by atoms with van der Waals surface area (Å²) in [7, 11) is 0. The van der Waals surface area contributed by atoms with E-state index in [2.05, 4.69) is 40.4 Å². The molecule has 2 aromatic carbocycles. The maximum atomic E-state index is 16.1. The van der Waals surface area contributed by atoms with E-state index in [1.807, 2.05) is 6.07 Å². The highest BCUT2D eigenvalue weighted by Gasteiger charge is 2.22. The van der Waals surface area contributed by atoms with Crippen LogP contribution in [0.25, 0.3) is 56.0 Å². The third-order valence-electron chi connectivity index (χ3n) is 6.62. The average molecular weight is 545 g/mol. The van der Waals surface area contributed by atoms with Crippen LogP contribution in [-0.4, -0.2) is 41.0 Å². The monoisotopic (exact) mass is 544 g/mol. The molecule has 0 aliphatic heterocycles. The van der Waals surface area contributed by atoms with Gasteiger partial charge in [0.05, 0.1) is 22.8 Å². The Labute approximate surface area is 230 Å². The Morgan fingerprint density at radius 3 is 2.54 bits per heavy atom. The van der Waals surface area contributed by atoms with Gasteiger partial charge in [-0.3, -0.25) is 19.9 Å². The molecule has 1 amide bonds. The lowest BCUT2D eigenvalue weighted by Crippen LogP contribution is -2.11. The fraction of sp³-hybridized carbons (Fsp3) is 0. The first-order valence-corrected chi connectivity index (χ1v) is 12.5. The first-order chi connectivity index (χ1) is 20.1. The predicted molar refractivity (Wildman–Crippen MR) is 150 cm³/mol. The number of imidazole rings is 1. The summed E-state index contributed by atoms with van der Waals surface area (Å²) in [4.78, 5) is 33.2. The van der Waals surface area contributed by atoms with Crippen LogP contribution >= 0.6 is 0 Å². The van der Waals surface area contributed by atoms with Gasteiger partial charge in [0.2, 0.25) is 0 Å². The zero-order chi connectivity index (χ0) is 27.9. The van der Waals surface area contributed by atoms with Crippen molar-refractivity contribution in [2.45, 2.75) is 0 Å². The highest BCUT2D eigenvalue weighted by Crippen LogP contribution is 2.34. The summed E-state index contributed by atoms with van der Waals surface area (Å²) >= 11 is 0. The molecule has 7 aromatic rings. The van der Waals surface area contributed by atoms with E-state index in [1.165, 1.54) is 24.7 Å². The minimum absolute atomic E-state index is 0.112. The Morgan fingerprint density at radius 2 is 1.68 bits per heavy atom. The van der Waals surface area contributed by atoms with Gasteiger partial charge in [0, 0.05) is 40.8 Å². The summed E-state index contributed by atoms with van der Waals surface area (Å²) in [5.41, 5.74) is 3.51. The van der Waals surface area contributed by atoms with Gasteiger partial charge in [0.15, 0.2) is 11.5 Å². The molecule has 41 heavy (non-hydrogen) atoms. The molecule has 0 saturated heterocycles. The third-order valence-corrected chi connectivity index (χ3v) is 6.62. The van der Waals surface area contributed by atoms with Gasteiger partial charge >= 0.3 is 0 Å². The lowest BCUT2D eigenvalue weighted by Gasteiger charge is -2.08. The zero-order valence-electron chi connectivity index (χ0n) is 21.1. The van der Waals surface area contributed by atoms with Crippen molar-refractivity contribution in [3.8, 4) is 33.9 Å². The number of fused-ring (bicyclic) bond motifs is 2. The van der Waals surface area contributed by atoms with Crippen LogP contribution in [0, 0.1) is 11.6 Å². The summed E-state index contributed by atoms with van der Waals surface area (Å²) in [5, 5.41) is 9.93. The molecule has 198 valence electrons. The number of nitrogens with one attached hydrogen (secondary N) is 3. The number of carbonyl (C=O) groups excluding carboxylic acids is 1. The quantitative estimate of drug-likeness (QED) is 0.239. The zero-order valence-corrected chi connectivity index (χ0v) is 21.1. The summed E-state index contributed by atoms with van der Waals surface area (Å²) in [6, 6.07) is 18.3. The van der Waals surface area contributed by atoms with Crippen molar-refractivity contribution < 1.29 is 13.6 Å². The number of halogens is 2. The second-order valence-corrected chi connectivity index (χ2v) is 9.19. The molecule has 0 spiro atoms. The number of carbonyl (C=O) groups is 1. The number of aromatic amines is 2. The van der Waals surface area contributed by atoms with Gasteiger partial charge in [-0.2, -0.15) is 5.10 Å². The van der Waals surface area contributed by atoms with Gasteiger partial charge in [-0.15, -0.1) is 0 Å². The molecular weight excluding hydrogens is 526 g/mol. The minimum Gasteiger partial charge on any atom is -0.336 e. The molecule has 0 saturated carbocycles. The van der Waals surface area contributed by atoms with Crippen LogP contribution in [0.4, 0.5) is 14.5 Å². The number of nitrogens with zero attached hydrogens (tertiary/aromatic N) is 5. The minimum atomic E-state index is -0.597. The molecule has 0 fully saturated rings. The van der Waals surface area contributed by atoms with Crippen LogP contribution < -0.4 is 5.32 Å². The normalized spacial score (nSPS) is 11.3. The van der Waals surface area contributed by atoms with Crippen LogP contribution in [0.5, 0.6) is 0 Å². The van der Waals surface area contributed by atoms with Gasteiger partial charge in [-0.25, -0.2) is 18.7 Å². The van der Waals surface area contributed by atoms with E-state index in [0.29, 0.717) is 39.1 Å². The van der Waals surface area contributed by atoms with Gasteiger partial charge in [0.25, 0.3) is 5.91 Å². The summed E-state index contributed by atoms with van der Waals surface area (Å²) in [6.45, 7) is 0.